The van der Waals surface area contributed by atoms with E-state index in [4.69, 9.17) is 4.74 Å². The second-order valence-electron chi connectivity index (χ2n) is 5.16. The number of halogens is 1. The van der Waals surface area contributed by atoms with Crippen molar-refractivity contribution in [2.24, 2.45) is 4.99 Å². The Balaban J connectivity index is 0.00000288. The lowest BCUT2D eigenvalue weighted by Crippen LogP contribution is -2.37. The van der Waals surface area contributed by atoms with Gasteiger partial charge in [-0.05, 0) is 44.0 Å². The maximum Gasteiger partial charge on any atom is 0.191 e. The largest absolute Gasteiger partial charge is 0.494 e. The van der Waals surface area contributed by atoms with Crippen molar-refractivity contribution >= 4 is 41.3 Å². The molecule has 0 radical (unpaired) electrons. The number of guanidine groups is 1. The highest BCUT2D eigenvalue weighted by Gasteiger charge is 2.04. The van der Waals surface area contributed by atoms with E-state index in [0.717, 1.165) is 31.2 Å². The third-order valence-corrected chi connectivity index (χ3v) is 4.41. The van der Waals surface area contributed by atoms with E-state index in [0.29, 0.717) is 6.61 Å². The molecule has 0 amide bonds. The number of rotatable bonds is 7. The molecule has 1 aromatic heterocycles. The van der Waals surface area contributed by atoms with Crippen LogP contribution in [0.1, 0.15) is 22.2 Å². The van der Waals surface area contributed by atoms with Gasteiger partial charge in [0, 0.05) is 23.3 Å². The Labute approximate surface area is 165 Å². The molecule has 0 spiro atoms. The molecule has 2 aromatic rings. The molecule has 1 heterocycles. The lowest BCUT2D eigenvalue weighted by molar-refractivity contribution is 0.336. The standard InChI is InChI=1S/C18H25N3OS.HI/c1-4-22-17-8-6-5-7-15(17)11-12-20-18(19-3)21-13-16-10-9-14(2)23-16;/h5-10H,4,11-13H2,1-3H3,(H2,19,20,21);1H. The van der Waals surface area contributed by atoms with Gasteiger partial charge < -0.3 is 15.4 Å². The topological polar surface area (TPSA) is 45.6 Å². The van der Waals surface area contributed by atoms with Crippen LogP contribution in [0, 0.1) is 6.92 Å². The van der Waals surface area contributed by atoms with Crippen molar-refractivity contribution in [1.29, 1.82) is 0 Å². The summed E-state index contributed by atoms with van der Waals surface area (Å²) in [7, 11) is 1.79. The van der Waals surface area contributed by atoms with Crippen LogP contribution in [0.15, 0.2) is 41.4 Å². The van der Waals surface area contributed by atoms with Crippen LogP contribution >= 0.6 is 35.3 Å². The van der Waals surface area contributed by atoms with Gasteiger partial charge in [-0.3, -0.25) is 4.99 Å². The fourth-order valence-corrected chi connectivity index (χ4v) is 3.12. The number of para-hydroxylation sites is 1. The lowest BCUT2D eigenvalue weighted by atomic mass is 10.1. The van der Waals surface area contributed by atoms with E-state index in [2.05, 4.69) is 40.7 Å². The Kier molecular flexibility index (Phi) is 9.78. The monoisotopic (exact) mass is 459 g/mol. The third-order valence-electron chi connectivity index (χ3n) is 3.41. The number of aryl methyl sites for hydroxylation is 1. The normalized spacial score (nSPS) is 10.9. The molecule has 6 heteroatoms. The van der Waals surface area contributed by atoms with Crippen LogP contribution in [0.2, 0.25) is 0 Å². The Bertz CT molecular complexity index is 643. The first-order valence-corrected chi connectivity index (χ1v) is 8.75. The van der Waals surface area contributed by atoms with Gasteiger partial charge in [-0.15, -0.1) is 35.3 Å². The first-order chi connectivity index (χ1) is 11.2. The Morgan fingerprint density at radius 3 is 2.62 bits per heavy atom. The number of thiophene rings is 1. The number of aliphatic imine (C=N–C) groups is 1. The second-order valence-corrected chi connectivity index (χ2v) is 6.53. The number of hydrogen-bond donors (Lipinski definition) is 2. The van der Waals surface area contributed by atoms with Crippen LogP contribution in [0.25, 0.3) is 0 Å². The molecular weight excluding hydrogens is 433 g/mol. The van der Waals surface area contributed by atoms with Crippen molar-refractivity contribution in [3.63, 3.8) is 0 Å². The fraction of sp³-hybridized carbons (Fsp3) is 0.389. The predicted molar refractivity (Wildman–Crippen MR) is 114 cm³/mol. The molecule has 1 aromatic carbocycles. The molecule has 0 saturated carbocycles. The zero-order valence-corrected chi connectivity index (χ0v) is 17.6. The van der Waals surface area contributed by atoms with E-state index in [1.807, 2.05) is 25.1 Å². The summed E-state index contributed by atoms with van der Waals surface area (Å²) in [6.45, 7) is 6.43. The van der Waals surface area contributed by atoms with Crippen molar-refractivity contribution in [3.8, 4) is 5.75 Å². The number of nitrogens with zero attached hydrogens (tertiary/aromatic N) is 1. The Hall–Kier alpha value is -1.28. The molecule has 4 nitrogen and oxygen atoms in total. The molecular formula is C18H26IN3OS. The van der Waals surface area contributed by atoms with Gasteiger partial charge in [0.25, 0.3) is 0 Å². The predicted octanol–water partition coefficient (Wildman–Crippen LogP) is 3.98. The number of benzene rings is 1. The summed E-state index contributed by atoms with van der Waals surface area (Å²) in [6, 6.07) is 12.5. The highest BCUT2D eigenvalue weighted by atomic mass is 127. The van der Waals surface area contributed by atoms with E-state index < -0.39 is 0 Å². The molecule has 0 bridgehead atoms. The van der Waals surface area contributed by atoms with Crippen LogP contribution in [0.5, 0.6) is 5.75 Å². The molecule has 132 valence electrons. The summed E-state index contributed by atoms with van der Waals surface area (Å²) in [6.07, 6.45) is 0.898. The van der Waals surface area contributed by atoms with Gasteiger partial charge in [-0.1, -0.05) is 18.2 Å². The van der Waals surface area contributed by atoms with Crippen LogP contribution in [-0.4, -0.2) is 26.2 Å². The van der Waals surface area contributed by atoms with E-state index in [1.165, 1.54) is 15.3 Å². The molecule has 0 aliphatic heterocycles. The van der Waals surface area contributed by atoms with Crippen molar-refractivity contribution in [2.75, 3.05) is 20.2 Å². The molecule has 0 fully saturated rings. The van der Waals surface area contributed by atoms with Gasteiger partial charge in [0.05, 0.1) is 13.2 Å². The smallest absolute Gasteiger partial charge is 0.191 e. The van der Waals surface area contributed by atoms with Gasteiger partial charge in [0.1, 0.15) is 5.75 Å². The molecule has 2 rings (SSSR count). The van der Waals surface area contributed by atoms with Gasteiger partial charge in [0.2, 0.25) is 0 Å². The van der Waals surface area contributed by atoms with Crippen molar-refractivity contribution in [1.82, 2.24) is 10.6 Å². The minimum absolute atomic E-state index is 0. The lowest BCUT2D eigenvalue weighted by Gasteiger charge is -2.13. The summed E-state index contributed by atoms with van der Waals surface area (Å²) in [5.41, 5.74) is 1.21. The maximum atomic E-state index is 5.66. The van der Waals surface area contributed by atoms with Gasteiger partial charge in [-0.2, -0.15) is 0 Å². The first kappa shape index (κ1) is 20.8. The zero-order valence-electron chi connectivity index (χ0n) is 14.5. The van der Waals surface area contributed by atoms with Crippen molar-refractivity contribution in [2.45, 2.75) is 26.8 Å². The number of nitrogens with one attached hydrogen (secondary N) is 2. The van der Waals surface area contributed by atoms with Crippen LogP contribution < -0.4 is 15.4 Å². The van der Waals surface area contributed by atoms with Gasteiger partial charge in [0.15, 0.2) is 5.96 Å². The molecule has 0 atom stereocenters. The third kappa shape index (κ3) is 6.68. The van der Waals surface area contributed by atoms with Gasteiger partial charge in [-0.25, -0.2) is 0 Å². The highest BCUT2D eigenvalue weighted by Crippen LogP contribution is 2.18. The number of hydrogen-bond acceptors (Lipinski definition) is 3. The molecule has 0 unspecified atom stereocenters. The molecule has 0 aliphatic rings. The van der Waals surface area contributed by atoms with Crippen molar-refractivity contribution < 1.29 is 4.74 Å². The highest BCUT2D eigenvalue weighted by molar-refractivity contribution is 14.0. The summed E-state index contributed by atoms with van der Waals surface area (Å²) in [5.74, 6) is 1.79. The SMILES string of the molecule is CCOc1ccccc1CCNC(=NC)NCc1ccc(C)s1.I. The summed E-state index contributed by atoms with van der Waals surface area (Å²) >= 11 is 1.81. The molecule has 0 saturated heterocycles. The zero-order chi connectivity index (χ0) is 16.5. The quantitative estimate of drug-likeness (QED) is 0.374. The average molecular weight is 459 g/mol. The van der Waals surface area contributed by atoms with E-state index in [-0.39, 0.29) is 24.0 Å². The minimum atomic E-state index is 0. The fourth-order valence-electron chi connectivity index (χ4n) is 2.29. The molecule has 0 aliphatic carbocycles. The van der Waals surface area contributed by atoms with E-state index in [9.17, 15) is 0 Å². The Morgan fingerprint density at radius 1 is 1.17 bits per heavy atom. The maximum absolute atomic E-state index is 5.66. The second kappa shape index (κ2) is 11.3. The minimum Gasteiger partial charge on any atom is -0.494 e. The van der Waals surface area contributed by atoms with E-state index in [1.54, 1.807) is 18.4 Å². The van der Waals surface area contributed by atoms with Crippen LogP contribution in [0.4, 0.5) is 0 Å². The van der Waals surface area contributed by atoms with Crippen LogP contribution in [-0.2, 0) is 13.0 Å². The number of ether oxygens (including phenoxy) is 1. The van der Waals surface area contributed by atoms with E-state index >= 15 is 0 Å². The summed E-state index contributed by atoms with van der Waals surface area (Å²) in [4.78, 5) is 6.91. The van der Waals surface area contributed by atoms with Crippen LogP contribution in [0.3, 0.4) is 0 Å². The summed E-state index contributed by atoms with van der Waals surface area (Å²) < 4.78 is 5.66. The Morgan fingerprint density at radius 2 is 1.96 bits per heavy atom. The first-order valence-electron chi connectivity index (χ1n) is 7.93. The van der Waals surface area contributed by atoms with Gasteiger partial charge >= 0.3 is 0 Å². The molecule has 2 N–H and O–H groups in total. The average Bonchev–Trinajstić information content (AvgIpc) is 2.98. The molecule has 24 heavy (non-hydrogen) atoms. The van der Waals surface area contributed by atoms with Crippen molar-refractivity contribution in [3.05, 3.63) is 51.7 Å². The summed E-state index contributed by atoms with van der Waals surface area (Å²) in [5, 5.41) is 6.70.